The third kappa shape index (κ3) is 5.90. The lowest BCUT2D eigenvalue weighted by molar-refractivity contribution is -0.149. The normalized spacial score (nSPS) is 13.7. The van der Waals surface area contributed by atoms with Crippen molar-refractivity contribution in [2.24, 2.45) is 0 Å². The third-order valence-electron chi connectivity index (χ3n) is 5.31. The molecule has 2 atom stereocenters. The Morgan fingerprint density at radius 1 is 0.971 bits per heavy atom. The Morgan fingerprint density at radius 2 is 1.56 bits per heavy atom. The zero-order valence-corrected chi connectivity index (χ0v) is 18.5. The van der Waals surface area contributed by atoms with E-state index in [1.807, 2.05) is 48.5 Å². The van der Waals surface area contributed by atoms with Gasteiger partial charge in [-0.2, -0.15) is 0 Å². The SMILES string of the molecule is CCOC(=O)C(NC(=O)OCC1c2ccccc2-c2ccccc21)C(=O)NCC(O)CC(=O)O. The van der Waals surface area contributed by atoms with E-state index in [0.29, 0.717) is 0 Å². The molecular weight excluding hydrogens is 444 g/mol. The maximum Gasteiger partial charge on any atom is 0.408 e. The first-order chi connectivity index (χ1) is 16.3. The summed E-state index contributed by atoms with van der Waals surface area (Å²) >= 11 is 0. The van der Waals surface area contributed by atoms with Crippen molar-refractivity contribution >= 4 is 23.9 Å². The van der Waals surface area contributed by atoms with Crippen LogP contribution in [0.2, 0.25) is 0 Å². The highest BCUT2D eigenvalue weighted by Crippen LogP contribution is 2.44. The number of carboxylic acid groups (broad SMARTS) is 1. The van der Waals surface area contributed by atoms with E-state index in [0.717, 1.165) is 22.3 Å². The summed E-state index contributed by atoms with van der Waals surface area (Å²) in [6.07, 6.45) is -2.95. The number of nitrogens with one attached hydrogen (secondary N) is 2. The van der Waals surface area contributed by atoms with Crippen LogP contribution in [0, 0.1) is 0 Å². The van der Waals surface area contributed by atoms with E-state index in [4.69, 9.17) is 14.6 Å². The van der Waals surface area contributed by atoms with Gasteiger partial charge in [-0.1, -0.05) is 48.5 Å². The van der Waals surface area contributed by atoms with Crippen LogP contribution in [0.5, 0.6) is 0 Å². The van der Waals surface area contributed by atoms with Gasteiger partial charge in [0.25, 0.3) is 5.91 Å². The minimum Gasteiger partial charge on any atom is -0.481 e. The van der Waals surface area contributed by atoms with Gasteiger partial charge in [0.15, 0.2) is 0 Å². The average molecular weight is 470 g/mol. The second-order valence-corrected chi connectivity index (χ2v) is 7.65. The molecule has 0 fully saturated rings. The first kappa shape index (κ1) is 24.7. The largest absolute Gasteiger partial charge is 0.481 e. The third-order valence-corrected chi connectivity index (χ3v) is 5.31. The molecule has 0 aliphatic heterocycles. The number of hydrogen-bond acceptors (Lipinski definition) is 7. The first-order valence-corrected chi connectivity index (χ1v) is 10.8. The molecule has 0 saturated heterocycles. The number of benzene rings is 2. The van der Waals surface area contributed by atoms with Gasteiger partial charge in [0.2, 0.25) is 6.04 Å². The van der Waals surface area contributed by atoms with Crippen molar-refractivity contribution in [3.05, 3.63) is 59.7 Å². The molecule has 0 heterocycles. The fourth-order valence-corrected chi connectivity index (χ4v) is 3.81. The van der Waals surface area contributed by atoms with Crippen molar-refractivity contribution in [3.63, 3.8) is 0 Å². The number of hydrogen-bond donors (Lipinski definition) is 4. The average Bonchev–Trinajstić information content (AvgIpc) is 3.13. The van der Waals surface area contributed by atoms with Crippen molar-refractivity contribution in [2.75, 3.05) is 19.8 Å². The predicted octanol–water partition coefficient (Wildman–Crippen LogP) is 1.41. The molecule has 0 radical (unpaired) electrons. The maximum absolute atomic E-state index is 12.5. The molecule has 34 heavy (non-hydrogen) atoms. The van der Waals surface area contributed by atoms with Crippen LogP contribution in [0.15, 0.2) is 48.5 Å². The van der Waals surface area contributed by atoms with E-state index in [9.17, 15) is 24.3 Å². The summed E-state index contributed by atoms with van der Waals surface area (Å²) in [7, 11) is 0. The van der Waals surface area contributed by atoms with E-state index in [2.05, 4.69) is 10.6 Å². The molecule has 0 spiro atoms. The molecule has 3 rings (SSSR count). The number of aliphatic hydroxyl groups excluding tert-OH is 1. The van der Waals surface area contributed by atoms with Crippen molar-refractivity contribution in [3.8, 4) is 11.1 Å². The molecule has 180 valence electrons. The lowest BCUT2D eigenvalue weighted by Crippen LogP contribution is -2.53. The summed E-state index contributed by atoms with van der Waals surface area (Å²) in [6, 6.07) is 13.8. The van der Waals surface area contributed by atoms with Crippen LogP contribution in [0.4, 0.5) is 4.79 Å². The Hall–Kier alpha value is -3.92. The smallest absolute Gasteiger partial charge is 0.408 e. The first-order valence-electron chi connectivity index (χ1n) is 10.8. The number of carbonyl (C=O) groups is 4. The second kappa shape index (κ2) is 11.3. The molecule has 0 aromatic heterocycles. The lowest BCUT2D eigenvalue weighted by Gasteiger charge is -2.19. The molecule has 4 N–H and O–H groups in total. The second-order valence-electron chi connectivity index (χ2n) is 7.65. The highest BCUT2D eigenvalue weighted by atomic mass is 16.6. The molecule has 2 aromatic rings. The van der Waals surface area contributed by atoms with Crippen molar-refractivity contribution in [1.29, 1.82) is 0 Å². The van der Waals surface area contributed by atoms with Gasteiger partial charge < -0.3 is 25.0 Å². The highest BCUT2D eigenvalue weighted by Gasteiger charge is 2.33. The summed E-state index contributed by atoms with van der Waals surface area (Å²) in [5, 5.41) is 22.7. The topological polar surface area (TPSA) is 151 Å². The van der Waals surface area contributed by atoms with Gasteiger partial charge in [0.05, 0.1) is 19.1 Å². The number of alkyl carbamates (subject to hydrolysis) is 1. The van der Waals surface area contributed by atoms with Crippen LogP contribution < -0.4 is 10.6 Å². The van der Waals surface area contributed by atoms with Gasteiger partial charge >= 0.3 is 18.0 Å². The minimum absolute atomic E-state index is 0.0195. The number of ether oxygens (including phenoxy) is 2. The number of rotatable bonds is 10. The molecule has 0 bridgehead atoms. The van der Waals surface area contributed by atoms with Gasteiger partial charge in [-0.25, -0.2) is 9.59 Å². The molecule has 10 nitrogen and oxygen atoms in total. The molecule has 1 aliphatic rings. The van der Waals surface area contributed by atoms with Crippen molar-refractivity contribution < 1.29 is 38.9 Å². The quantitative estimate of drug-likeness (QED) is 0.301. The van der Waals surface area contributed by atoms with Crippen LogP contribution >= 0.6 is 0 Å². The summed E-state index contributed by atoms with van der Waals surface area (Å²) in [6.45, 7) is 1.06. The Bertz CT molecular complexity index is 1020. The zero-order valence-electron chi connectivity index (χ0n) is 18.5. The Balaban J connectivity index is 1.64. The molecule has 2 unspecified atom stereocenters. The van der Waals surface area contributed by atoms with Gasteiger partial charge in [-0.15, -0.1) is 0 Å². The number of carboxylic acids is 1. The van der Waals surface area contributed by atoms with Crippen LogP contribution in [0.1, 0.15) is 30.4 Å². The number of amides is 2. The standard InChI is InChI=1S/C24H26N2O8/c1-2-33-23(31)21(22(30)25-12-14(27)11-20(28)29)26-24(32)34-13-19-17-9-5-3-7-15(17)16-8-4-6-10-18(16)19/h3-10,14,19,21,27H,2,11-13H2,1H3,(H,25,30)(H,26,32)(H,28,29). The van der Waals surface area contributed by atoms with E-state index in [1.165, 1.54) is 6.92 Å². The van der Waals surface area contributed by atoms with Crippen LogP contribution in [0.25, 0.3) is 11.1 Å². The molecule has 2 amide bonds. The summed E-state index contributed by atoms with van der Waals surface area (Å²) in [5.41, 5.74) is 4.11. The van der Waals surface area contributed by atoms with Crippen molar-refractivity contribution in [2.45, 2.75) is 31.4 Å². The highest BCUT2D eigenvalue weighted by molar-refractivity contribution is 6.04. The van der Waals surface area contributed by atoms with E-state index in [1.54, 1.807) is 0 Å². The molecular formula is C24H26N2O8. The Kier molecular flexibility index (Phi) is 8.20. The van der Waals surface area contributed by atoms with E-state index >= 15 is 0 Å². The van der Waals surface area contributed by atoms with Crippen molar-refractivity contribution in [1.82, 2.24) is 10.6 Å². The van der Waals surface area contributed by atoms with Crippen LogP contribution in [-0.4, -0.2) is 66.1 Å². The van der Waals surface area contributed by atoms with E-state index < -0.39 is 49.1 Å². The van der Waals surface area contributed by atoms with E-state index in [-0.39, 0.29) is 19.1 Å². The summed E-state index contributed by atoms with van der Waals surface area (Å²) in [5.74, 6) is -3.43. The van der Waals surface area contributed by atoms with Crippen LogP contribution in [0.3, 0.4) is 0 Å². The lowest BCUT2D eigenvalue weighted by atomic mass is 9.98. The molecule has 0 saturated carbocycles. The molecule has 1 aliphatic carbocycles. The van der Waals surface area contributed by atoms with Gasteiger partial charge in [-0.05, 0) is 29.2 Å². The number of aliphatic hydroxyl groups is 1. The number of carbonyl (C=O) groups excluding carboxylic acids is 3. The number of fused-ring (bicyclic) bond motifs is 3. The number of esters is 1. The van der Waals surface area contributed by atoms with Crippen LogP contribution in [-0.2, 0) is 23.9 Å². The molecule has 2 aromatic carbocycles. The van der Waals surface area contributed by atoms with Gasteiger partial charge in [0.1, 0.15) is 6.61 Å². The monoisotopic (exact) mass is 470 g/mol. The zero-order chi connectivity index (χ0) is 24.7. The van der Waals surface area contributed by atoms with Gasteiger partial charge in [0, 0.05) is 12.5 Å². The van der Waals surface area contributed by atoms with Gasteiger partial charge in [-0.3, -0.25) is 14.9 Å². The maximum atomic E-state index is 12.5. The predicted molar refractivity (Wildman–Crippen MR) is 120 cm³/mol. The number of aliphatic carboxylic acids is 1. The molecule has 10 heteroatoms. The summed E-state index contributed by atoms with van der Waals surface area (Å²) in [4.78, 5) is 47.8. The summed E-state index contributed by atoms with van der Waals surface area (Å²) < 4.78 is 10.2. The Labute approximate surface area is 195 Å². The fourth-order valence-electron chi connectivity index (χ4n) is 3.81. The minimum atomic E-state index is -1.73. The Morgan fingerprint density at radius 3 is 2.12 bits per heavy atom. The fraction of sp³-hybridized carbons (Fsp3) is 0.333.